The van der Waals surface area contributed by atoms with Gasteiger partial charge in [0.05, 0.1) is 24.5 Å². The molecule has 0 radical (unpaired) electrons. The van der Waals surface area contributed by atoms with Gasteiger partial charge in [-0.25, -0.2) is 23.2 Å². The third-order valence-corrected chi connectivity index (χ3v) is 10.5. The highest BCUT2D eigenvalue weighted by Crippen LogP contribution is 2.62. The molecule has 0 saturated heterocycles. The van der Waals surface area contributed by atoms with Gasteiger partial charge in [-0.15, -0.1) is 0 Å². The van der Waals surface area contributed by atoms with E-state index in [2.05, 4.69) is 31.3 Å². The number of sulfone groups is 1. The maximum absolute atomic E-state index is 13.0. The smallest absolute Gasteiger partial charge is 0.412 e. The molecule has 2 amide bonds. The van der Waals surface area contributed by atoms with Crippen molar-refractivity contribution in [2.45, 2.75) is 88.4 Å². The topological polar surface area (TPSA) is 149 Å². The molecule has 3 aromatic rings. The van der Waals surface area contributed by atoms with Crippen molar-refractivity contribution in [2.24, 2.45) is 5.92 Å². The zero-order valence-corrected chi connectivity index (χ0v) is 28.5. The number of anilines is 2. The van der Waals surface area contributed by atoms with E-state index in [1.54, 1.807) is 20.2 Å². The maximum atomic E-state index is 13.0. The van der Waals surface area contributed by atoms with Crippen LogP contribution in [0.1, 0.15) is 84.5 Å². The second-order valence-electron chi connectivity index (χ2n) is 14.4. The third kappa shape index (κ3) is 5.64. The summed E-state index contributed by atoms with van der Waals surface area (Å²) in [6.45, 7) is 7.30. The van der Waals surface area contributed by atoms with Crippen LogP contribution < -0.4 is 10.2 Å². The van der Waals surface area contributed by atoms with E-state index in [4.69, 9.17) is 9.47 Å². The fourth-order valence-corrected chi connectivity index (χ4v) is 7.91. The molecule has 250 valence electrons. The number of benzene rings is 1. The van der Waals surface area contributed by atoms with Crippen LogP contribution in [0.5, 0.6) is 0 Å². The Morgan fingerprint density at radius 1 is 1.13 bits per heavy atom. The van der Waals surface area contributed by atoms with Crippen LogP contribution in [-0.4, -0.2) is 77.6 Å². The van der Waals surface area contributed by atoms with Crippen LogP contribution >= 0.6 is 0 Å². The SMILES string of the molecule is CN(C)C(=O)c1cc2n(n1)CCCN(c1nc(S(C)(=O)=O)nc3c1COC1(C3)c3cc(NC(=O)OC(C)(C)C)ccc3C3CC1C3)C2. The van der Waals surface area contributed by atoms with Crippen molar-refractivity contribution in [1.29, 1.82) is 0 Å². The standard InChI is InChI=1S/C33H41N7O6S/c1-32(2,3)46-31(42)34-21-8-9-23-19-12-20(13-19)33(25(23)14-21)16-27-24(18-45-33)28(36-30(35-27)47(6,43)44)39-10-7-11-40-22(17-39)15-26(37-40)29(41)38(4)5/h8-9,14-15,19-20H,7,10-13,16-18H2,1-6H3,(H,34,42). The number of ether oxygens (including phenoxy) is 2. The van der Waals surface area contributed by atoms with Crippen molar-refractivity contribution in [3.05, 3.63) is 58.0 Å². The number of amides is 2. The molecule has 4 heterocycles. The van der Waals surface area contributed by atoms with Crippen molar-refractivity contribution in [2.75, 3.05) is 37.1 Å². The van der Waals surface area contributed by atoms with Crippen LogP contribution in [0.4, 0.5) is 16.3 Å². The predicted octanol–water partition coefficient (Wildman–Crippen LogP) is 4.01. The zero-order chi connectivity index (χ0) is 33.5. The molecule has 1 saturated carbocycles. The lowest BCUT2D eigenvalue weighted by Crippen LogP contribution is -2.53. The van der Waals surface area contributed by atoms with Gasteiger partial charge >= 0.3 is 6.09 Å². The number of hydrogen-bond donors (Lipinski definition) is 1. The lowest BCUT2D eigenvalue weighted by atomic mass is 9.53. The lowest BCUT2D eigenvalue weighted by Gasteiger charge is -2.56. The highest BCUT2D eigenvalue weighted by molar-refractivity contribution is 7.90. The molecule has 1 spiro atoms. The monoisotopic (exact) mass is 663 g/mol. The molecule has 1 atom stereocenters. The Morgan fingerprint density at radius 3 is 2.60 bits per heavy atom. The van der Waals surface area contributed by atoms with Gasteiger partial charge < -0.3 is 19.3 Å². The predicted molar refractivity (Wildman–Crippen MR) is 173 cm³/mol. The number of carbonyl (C=O) groups is 2. The number of aryl methyl sites for hydroxylation is 1. The van der Waals surface area contributed by atoms with E-state index in [1.807, 2.05) is 37.6 Å². The normalized spacial score (nSPS) is 23.1. The average Bonchev–Trinajstić information content (AvgIpc) is 3.25. The Bertz CT molecular complexity index is 1890. The van der Waals surface area contributed by atoms with Crippen LogP contribution in [0, 0.1) is 5.92 Å². The fourth-order valence-electron chi connectivity index (χ4n) is 7.38. The molecule has 1 unspecified atom stereocenters. The Hall–Kier alpha value is -4.04. The minimum absolute atomic E-state index is 0.176. The van der Waals surface area contributed by atoms with Crippen molar-refractivity contribution in [3.63, 3.8) is 0 Å². The van der Waals surface area contributed by atoms with Gasteiger partial charge in [-0.2, -0.15) is 5.10 Å². The molecule has 5 aliphatic rings. The minimum atomic E-state index is -3.74. The van der Waals surface area contributed by atoms with Crippen molar-refractivity contribution < 1.29 is 27.5 Å². The first-order valence-corrected chi connectivity index (χ1v) is 17.9. The van der Waals surface area contributed by atoms with Crippen LogP contribution in [0.3, 0.4) is 0 Å². The quantitative estimate of drug-likeness (QED) is 0.406. The molecule has 1 aromatic carbocycles. The molecule has 2 bridgehead atoms. The van der Waals surface area contributed by atoms with E-state index in [-0.39, 0.29) is 23.6 Å². The van der Waals surface area contributed by atoms with Crippen molar-refractivity contribution >= 4 is 33.3 Å². The number of carbonyl (C=O) groups excluding carboxylic acids is 2. The molecular weight excluding hydrogens is 622 g/mol. The van der Waals surface area contributed by atoms with Crippen molar-refractivity contribution in [3.8, 4) is 0 Å². The summed E-state index contributed by atoms with van der Waals surface area (Å²) in [6.07, 6.45) is 3.66. The first-order valence-electron chi connectivity index (χ1n) is 16.0. The molecule has 8 rings (SSSR count). The molecule has 2 aliphatic heterocycles. The highest BCUT2D eigenvalue weighted by atomic mass is 32.2. The van der Waals surface area contributed by atoms with E-state index in [0.717, 1.165) is 42.3 Å². The van der Waals surface area contributed by atoms with Crippen LogP contribution in [-0.2, 0) is 51.0 Å². The third-order valence-electron chi connectivity index (χ3n) is 9.62. The van der Waals surface area contributed by atoms with Crippen molar-refractivity contribution in [1.82, 2.24) is 24.6 Å². The first kappa shape index (κ1) is 31.6. The van der Waals surface area contributed by atoms with Gasteiger partial charge in [0.2, 0.25) is 15.0 Å². The highest BCUT2D eigenvalue weighted by Gasteiger charge is 2.56. The number of hydrogen-bond acceptors (Lipinski definition) is 10. The summed E-state index contributed by atoms with van der Waals surface area (Å²) < 4.78 is 40.2. The average molecular weight is 664 g/mol. The second kappa shape index (κ2) is 11.0. The maximum Gasteiger partial charge on any atom is 0.412 e. The van der Waals surface area contributed by atoms with Crippen LogP contribution in [0.2, 0.25) is 0 Å². The summed E-state index contributed by atoms with van der Waals surface area (Å²) in [5.41, 5.74) is 4.09. The molecule has 1 N–H and O–H groups in total. The molecule has 47 heavy (non-hydrogen) atoms. The fraction of sp³-hybridized carbons (Fsp3) is 0.545. The molecule has 3 aliphatic carbocycles. The Kier molecular flexibility index (Phi) is 7.39. The summed E-state index contributed by atoms with van der Waals surface area (Å²) in [5.74, 6) is 0.999. The van der Waals surface area contributed by atoms with E-state index in [1.165, 1.54) is 10.5 Å². The number of rotatable bonds is 4. The Balaban J connectivity index is 1.26. The zero-order valence-electron chi connectivity index (χ0n) is 27.7. The van der Waals surface area contributed by atoms with E-state index >= 15 is 0 Å². The first-order chi connectivity index (χ1) is 22.1. The summed E-state index contributed by atoms with van der Waals surface area (Å²) in [4.78, 5) is 38.1. The summed E-state index contributed by atoms with van der Waals surface area (Å²) in [5, 5.41) is 7.20. The molecular formula is C33H41N7O6S. The summed E-state index contributed by atoms with van der Waals surface area (Å²) in [7, 11) is -0.358. The van der Waals surface area contributed by atoms with Gasteiger partial charge in [-0.05, 0) is 81.2 Å². The lowest BCUT2D eigenvalue weighted by molar-refractivity contribution is -0.151. The van der Waals surface area contributed by atoms with Gasteiger partial charge in [0.15, 0.2) is 5.69 Å². The minimum Gasteiger partial charge on any atom is -0.444 e. The largest absolute Gasteiger partial charge is 0.444 e. The number of aromatic nitrogens is 4. The van der Waals surface area contributed by atoms with Crippen LogP contribution in [0.25, 0.3) is 0 Å². The number of nitrogens with zero attached hydrogens (tertiary/aromatic N) is 6. The van der Waals surface area contributed by atoms with E-state index < -0.39 is 27.1 Å². The molecule has 2 aromatic heterocycles. The van der Waals surface area contributed by atoms with Gasteiger partial charge in [0.25, 0.3) is 5.91 Å². The van der Waals surface area contributed by atoms with Crippen LogP contribution in [0.15, 0.2) is 29.4 Å². The van der Waals surface area contributed by atoms with E-state index in [9.17, 15) is 18.0 Å². The van der Waals surface area contributed by atoms with Gasteiger partial charge in [-0.3, -0.25) is 14.8 Å². The van der Waals surface area contributed by atoms with Gasteiger partial charge in [-0.1, -0.05) is 6.07 Å². The Labute approximate surface area is 274 Å². The summed E-state index contributed by atoms with van der Waals surface area (Å²) >= 11 is 0. The Morgan fingerprint density at radius 2 is 1.89 bits per heavy atom. The van der Waals surface area contributed by atoms with Gasteiger partial charge in [0.1, 0.15) is 17.0 Å². The second-order valence-corrected chi connectivity index (χ2v) is 16.3. The summed E-state index contributed by atoms with van der Waals surface area (Å²) in [6, 6.07) is 7.73. The molecule has 14 heteroatoms. The number of nitrogens with one attached hydrogen (secondary N) is 1. The molecule has 1 fully saturated rings. The number of fused-ring (bicyclic) bond motifs is 2. The van der Waals surface area contributed by atoms with Gasteiger partial charge in [0, 0.05) is 51.1 Å². The molecule has 13 nitrogen and oxygen atoms in total. The van der Waals surface area contributed by atoms with E-state index in [0.29, 0.717) is 54.9 Å².